The molecule has 0 saturated heterocycles. The number of aryl methyl sites for hydroxylation is 3. The first-order valence-electron chi connectivity index (χ1n) is 5.72. The largest absolute Gasteiger partial charge is 0.493 e. The van der Waals surface area contributed by atoms with Gasteiger partial charge in [0.05, 0.1) is 12.2 Å². The summed E-state index contributed by atoms with van der Waals surface area (Å²) < 4.78 is 5.74. The van der Waals surface area contributed by atoms with Crippen LogP contribution in [0.2, 0.25) is 0 Å². The quantitative estimate of drug-likeness (QED) is 0.848. The smallest absolute Gasteiger partial charge is 0.125 e. The van der Waals surface area contributed by atoms with Crippen LogP contribution < -0.4 is 4.74 Å². The van der Waals surface area contributed by atoms with Crippen molar-refractivity contribution < 1.29 is 9.84 Å². The first kappa shape index (κ1) is 13.0. The second-order valence-corrected chi connectivity index (χ2v) is 5.14. The van der Waals surface area contributed by atoms with E-state index < -0.39 is 5.60 Å². The molecule has 1 N–H and O–H groups in total. The van der Waals surface area contributed by atoms with E-state index in [9.17, 15) is 5.11 Å². The summed E-state index contributed by atoms with van der Waals surface area (Å²) in [6.45, 7) is 10.3. The Kier molecular flexibility index (Phi) is 3.98. The van der Waals surface area contributed by atoms with Crippen LogP contribution in [0.25, 0.3) is 0 Å². The van der Waals surface area contributed by atoms with Gasteiger partial charge in [0.25, 0.3) is 0 Å². The number of hydrogen-bond acceptors (Lipinski definition) is 2. The first-order valence-corrected chi connectivity index (χ1v) is 5.72. The average Bonchev–Trinajstić information content (AvgIpc) is 2.07. The molecular weight excluding hydrogens is 200 g/mol. The third kappa shape index (κ3) is 3.86. The van der Waals surface area contributed by atoms with Crippen LogP contribution in [-0.2, 0) is 0 Å². The Hall–Kier alpha value is -1.02. The van der Waals surface area contributed by atoms with Crippen LogP contribution >= 0.6 is 0 Å². The lowest BCUT2D eigenvalue weighted by atomic mass is 10.1. The standard InChI is InChI=1S/C14H22O2/c1-10-8-11(2)13(12(3)9-10)16-7-6-14(4,5)15/h8-9,15H,6-7H2,1-5H3. The van der Waals surface area contributed by atoms with Crippen LogP contribution in [0.3, 0.4) is 0 Å². The summed E-state index contributed by atoms with van der Waals surface area (Å²) in [4.78, 5) is 0. The van der Waals surface area contributed by atoms with E-state index in [1.165, 1.54) is 5.56 Å². The molecule has 0 radical (unpaired) electrons. The van der Waals surface area contributed by atoms with Crippen LogP contribution in [0.15, 0.2) is 12.1 Å². The summed E-state index contributed by atoms with van der Waals surface area (Å²) in [5.74, 6) is 0.954. The van der Waals surface area contributed by atoms with Gasteiger partial charge >= 0.3 is 0 Å². The maximum absolute atomic E-state index is 9.60. The molecule has 90 valence electrons. The van der Waals surface area contributed by atoms with Gasteiger partial charge in [0.15, 0.2) is 0 Å². The molecule has 0 aromatic heterocycles. The van der Waals surface area contributed by atoms with Crippen molar-refractivity contribution in [3.8, 4) is 5.75 Å². The van der Waals surface area contributed by atoms with Crippen molar-refractivity contribution in [1.82, 2.24) is 0 Å². The van der Waals surface area contributed by atoms with Gasteiger partial charge in [-0.05, 0) is 45.7 Å². The van der Waals surface area contributed by atoms with Gasteiger partial charge < -0.3 is 9.84 Å². The number of aliphatic hydroxyl groups is 1. The number of ether oxygens (including phenoxy) is 1. The minimum atomic E-state index is -0.660. The molecular formula is C14H22O2. The minimum absolute atomic E-state index is 0.550. The number of rotatable bonds is 4. The van der Waals surface area contributed by atoms with Gasteiger partial charge in [-0.25, -0.2) is 0 Å². The Balaban J connectivity index is 2.68. The summed E-state index contributed by atoms with van der Waals surface area (Å²) in [5.41, 5.74) is 2.92. The highest BCUT2D eigenvalue weighted by Crippen LogP contribution is 2.25. The lowest BCUT2D eigenvalue weighted by Gasteiger charge is -2.19. The molecule has 0 unspecified atom stereocenters. The zero-order valence-electron chi connectivity index (χ0n) is 10.9. The molecule has 0 atom stereocenters. The number of benzene rings is 1. The van der Waals surface area contributed by atoms with E-state index in [0.717, 1.165) is 16.9 Å². The van der Waals surface area contributed by atoms with Gasteiger partial charge in [0, 0.05) is 6.42 Å². The van der Waals surface area contributed by atoms with Gasteiger partial charge in [-0.3, -0.25) is 0 Å². The zero-order chi connectivity index (χ0) is 12.3. The Morgan fingerprint density at radius 1 is 1.12 bits per heavy atom. The lowest BCUT2D eigenvalue weighted by molar-refractivity contribution is 0.0551. The normalized spacial score (nSPS) is 11.6. The SMILES string of the molecule is Cc1cc(C)c(OCCC(C)(C)O)c(C)c1. The Bertz CT molecular complexity index is 338. The molecule has 0 spiro atoms. The molecule has 0 aliphatic heterocycles. The van der Waals surface area contributed by atoms with Crippen molar-refractivity contribution in [3.05, 3.63) is 28.8 Å². The van der Waals surface area contributed by atoms with Crippen molar-refractivity contribution in [1.29, 1.82) is 0 Å². The molecule has 1 rings (SSSR count). The highest BCUT2D eigenvalue weighted by atomic mass is 16.5. The van der Waals surface area contributed by atoms with E-state index in [1.54, 1.807) is 13.8 Å². The van der Waals surface area contributed by atoms with E-state index >= 15 is 0 Å². The van der Waals surface area contributed by atoms with Crippen LogP contribution in [0.1, 0.15) is 37.0 Å². The third-order valence-electron chi connectivity index (χ3n) is 2.56. The van der Waals surface area contributed by atoms with E-state index in [0.29, 0.717) is 13.0 Å². The van der Waals surface area contributed by atoms with Crippen molar-refractivity contribution in [2.75, 3.05) is 6.61 Å². The highest BCUT2D eigenvalue weighted by Gasteiger charge is 2.13. The monoisotopic (exact) mass is 222 g/mol. The average molecular weight is 222 g/mol. The fraction of sp³-hybridized carbons (Fsp3) is 0.571. The summed E-state index contributed by atoms with van der Waals surface area (Å²) in [7, 11) is 0. The fourth-order valence-electron chi connectivity index (χ4n) is 1.80. The Morgan fingerprint density at radius 2 is 1.62 bits per heavy atom. The summed E-state index contributed by atoms with van der Waals surface area (Å²) in [6.07, 6.45) is 0.639. The molecule has 1 aromatic carbocycles. The van der Waals surface area contributed by atoms with Gasteiger partial charge in [0.2, 0.25) is 0 Å². The summed E-state index contributed by atoms with van der Waals surface area (Å²) in [6, 6.07) is 4.23. The predicted octanol–water partition coefficient (Wildman–Crippen LogP) is 3.15. The molecule has 0 amide bonds. The molecule has 0 bridgehead atoms. The van der Waals surface area contributed by atoms with E-state index in [-0.39, 0.29) is 0 Å². The van der Waals surface area contributed by atoms with Crippen molar-refractivity contribution in [2.24, 2.45) is 0 Å². The fourth-order valence-corrected chi connectivity index (χ4v) is 1.80. The molecule has 0 fully saturated rings. The molecule has 0 aliphatic rings. The topological polar surface area (TPSA) is 29.5 Å². The van der Waals surface area contributed by atoms with Gasteiger partial charge in [0.1, 0.15) is 5.75 Å². The number of hydrogen-bond donors (Lipinski definition) is 1. The first-order chi connectivity index (χ1) is 7.29. The molecule has 1 aromatic rings. The maximum Gasteiger partial charge on any atom is 0.125 e. The van der Waals surface area contributed by atoms with Crippen molar-refractivity contribution in [2.45, 2.75) is 46.6 Å². The third-order valence-corrected chi connectivity index (χ3v) is 2.56. The summed E-state index contributed by atoms with van der Waals surface area (Å²) in [5, 5.41) is 9.60. The Labute approximate surface area is 98.3 Å². The molecule has 16 heavy (non-hydrogen) atoms. The zero-order valence-corrected chi connectivity index (χ0v) is 10.9. The van der Waals surface area contributed by atoms with Crippen molar-refractivity contribution in [3.63, 3.8) is 0 Å². The Morgan fingerprint density at radius 3 is 2.06 bits per heavy atom. The van der Waals surface area contributed by atoms with Gasteiger partial charge in [-0.1, -0.05) is 17.7 Å². The molecule has 0 heterocycles. The van der Waals surface area contributed by atoms with E-state index in [2.05, 4.69) is 32.9 Å². The van der Waals surface area contributed by atoms with Crippen LogP contribution in [0.5, 0.6) is 5.75 Å². The van der Waals surface area contributed by atoms with Crippen LogP contribution in [0.4, 0.5) is 0 Å². The van der Waals surface area contributed by atoms with Gasteiger partial charge in [-0.2, -0.15) is 0 Å². The highest BCUT2D eigenvalue weighted by molar-refractivity contribution is 5.42. The molecule has 0 aliphatic carbocycles. The van der Waals surface area contributed by atoms with Crippen molar-refractivity contribution >= 4 is 0 Å². The summed E-state index contributed by atoms with van der Waals surface area (Å²) >= 11 is 0. The lowest BCUT2D eigenvalue weighted by Crippen LogP contribution is -2.22. The molecule has 2 nitrogen and oxygen atoms in total. The van der Waals surface area contributed by atoms with E-state index in [4.69, 9.17) is 4.74 Å². The van der Waals surface area contributed by atoms with E-state index in [1.807, 2.05) is 0 Å². The molecule has 0 saturated carbocycles. The second kappa shape index (κ2) is 4.88. The minimum Gasteiger partial charge on any atom is -0.493 e. The second-order valence-electron chi connectivity index (χ2n) is 5.14. The van der Waals surface area contributed by atoms with Crippen LogP contribution in [-0.4, -0.2) is 17.3 Å². The predicted molar refractivity (Wildman–Crippen MR) is 67.1 cm³/mol. The van der Waals surface area contributed by atoms with Gasteiger partial charge in [-0.15, -0.1) is 0 Å². The van der Waals surface area contributed by atoms with Crippen LogP contribution in [0, 0.1) is 20.8 Å². The molecule has 2 heteroatoms. The maximum atomic E-state index is 9.60.